The van der Waals surface area contributed by atoms with Gasteiger partial charge in [-0.1, -0.05) is 305 Å². The average molecular weight is 1490 g/mol. The minimum atomic E-state index is -0.480. The fourth-order valence-corrected chi connectivity index (χ4v) is 11.9. The van der Waals surface area contributed by atoms with Gasteiger partial charge >= 0.3 is 7.12 Å². The summed E-state index contributed by atoms with van der Waals surface area (Å²) in [4.78, 5) is 29.9. The van der Waals surface area contributed by atoms with Gasteiger partial charge in [0.2, 0.25) is 0 Å². The molecular weight excluding hydrogens is 1420 g/mol. The van der Waals surface area contributed by atoms with Gasteiger partial charge in [-0.25, -0.2) is 29.9 Å². The number of aromatic nitrogens is 6. The van der Waals surface area contributed by atoms with Gasteiger partial charge in [-0.3, -0.25) is 0 Å². The van der Waals surface area contributed by atoms with E-state index < -0.39 is 18.3 Å². The van der Waals surface area contributed by atoms with E-state index in [0.29, 0.717) is 34.9 Å². The Kier molecular flexibility index (Phi) is 20.0. The van der Waals surface area contributed by atoms with Crippen molar-refractivity contribution >= 4 is 67.0 Å². The third-order valence-corrected chi connectivity index (χ3v) is 18.8. The molecule has 0 spiro atoms. The molecule has 1 aliphatic rings. The maximum absolute atomic E-state index is 6.35. The van der Waals surface area contributed by atoms with Crippen LogP contribution in [-0.2, 0) is 9.31 Å². The van der Waals surface area contributed by atoms with Crippen molar-refractivity contribution < 1.29 is 9.31 Å². The second-order valence-electron chi connectivity index (χ2n) is 24.1. The molecule has 3 heterocycles. The zero-order valence-electron chi connectivity index (χ0n) is 53.2. The molecule has 12 heteroatoms. The van der Waals surface area contributed by atoms with Crippen molar-refractivity contribution in [3.63, 3.8) is 0 Å². The first-order valence-electron chi connectivity index (χ1n) is 31.6. The van der Waals surface area contributed by atoms with Gasteiger partial charge in [0.15, 0.2) is 34.9 Å². The molecule has 14 aromatic rings. The molecule has 1 aliphatic heterocycles. The Labute approximate surface area is 592 Å². The minimum Gasteiger partial charge on any atom is -0.399 e. The number of halogens is 3. The summed E-state index contributed by atoms with van der Waals surface area (Å²) in [5.41, 5.74) is 17.1. The minimum absolute atomic E-state index is 0.432. The van der Waals surface area contributed by atoms with Crippen LogP contribution >= 0.6 is 54.5 Å². The molecule has 0 aliphatic carbocycles. The molecular formula is C84H64BBr2IN6O2. The summed E-state index contributed by atoms with van der Waals surface area (Å²) in [6.07, 6.45) is 0. The van der Waals surface area contributed by atoms with E-state index in [0.717, 1.165) is 81.2 Å². The summed E-state index contributed by atoms with van der Waals surface area (Å²) in [5, 5.41) is 0. The van der Waals surface area contributed by atoms with Crippen LogP contribution in [0.25, 0.3) is 124 Å². The average Bonchev–Trinajstić information content (AvgIpc) is 1.59. The Morgan fingerprint density at radius 3 is 0.802 bits per heavy atom. The smallest absolute Gasteiger partial charge is 0.399 e. The van der Waals surface area contributed by atoms with Crippen molar-refractivity contribution in [2.75, 3.05) is 0 Å². The fraction of sp³-hybridized carbons (Fsp3) is 0.0714. The molecule has 0 amide bonds. The van der Waals surface area contributed by atoms with Crippen molar-refractivity contribution in [2.45, 2.75) is 38.9 Å². The highest BCUT2D eigenvalue weighted by Crippen LogP contribution is 2.38. The molecule has 0 atom stereocenters. The highest BCUT2D eigenvalue weighted by molar-refractivity contribution is 14.1. The second-order valence-corrected chi connectivity index (χ2v) is 27.2. The van der Waals surface area contributed by atoms with Crippen molar-refractivity contribution in [3.8, 4) is 124 Å². The molecule has 2 aromatic heterocycles. The molecule has 0 radical (unpaired) electrons. The molecule has 0 N–H and O–H groups in total. The topological polar surface area (TPSA) is 95.8 Å². The summed E-state index contributed by atoms with van der Waals surface area (Å²) in [6.45, 7) is 8.25. The van der Waals surface area contributed by atoms with Crippen molar-refractivity contribution in [3.05, 3.63) is 328 Å². The first-order valence-corrected chi connectivity index (χ1v) is 34.3. The summed E-state index contributed by atoms with van der Waals surface area (Å²) in [6, 6.07) is 108. The quantitative estimate of drug-likeness (QED) is 0.0882. The van der Waals surface area contributed by atoms with Gasteiger partial charge in [-0.15, -0.1) is 0 Å². The molecule has 1 saturated heterocycles. The highest BCUT2D eigenvalue weighted by atomic mass is 127. The van der Waals surface area contributed by atoms with Crippen LogP contribution in [-0.4, -0.2) is 48.2 Å². The van der Waals surface area contributed by atoms with Crippen LogP contribution < -0.4 is 5.46 Å². The SMILES string of the molecule is Brc1ccc(-c2cccc(-c3nc(-c4ccc(-c5ccccc5)cc4)nc(-c4ccc(-c5ccccc5)cc4)n3)c2)cc1.Brc1ccc(I)cc1.CC1(C)OB(c2cccc(-c3nc(-c4ccc(-c5ccccc5)cc4)nc(-c4ccc(-c5ccccc5)cc4)n3)c2)OC1(C)C. The molecule has 12 aromatic carbocycles. The second kappa shape index (κ2) is 29.5. The van der Waals surface area contributed by atoms with Gasteiger partial charge in [0.1, 0.15) is 0 Å². The van der Waals surface area contributed by atoms with E-state index in [1.54, 1.807) is 0 Å². The third kappa shape index (κ3) is 15.7. The standard InChI is InChI=1S/C39H34BN3O2.C39H26BrN3.C6H4BrI/c1-38(2)39(3,4)45-40(44-38)34-17-11-16-33(26-34)37-42-35(31-22-18-29(19-23-31)27-12-7-5-8-13-27)41-36(43-37)32-24-20-30(21-25-32)28-14-9-6-10-15-28;40-36-24-22-31(23-25-36)34-12-7-13-35(26-34)39-42-37(32-18-14-29(15-19-32)27-8-3-1-4-9-27)41-38(43-39)33-20-16-30(17-21-33)28-10-5-2-6-11-28;7-5-1-3-6(8)4-2-5/h5-26H,1-4H3;1-26H;1-4H. The zero-order chi connectivity index (χ0) is 66.0. The Morgan fingerprint density at radius 1 is 0.250 bits per heavy atom. The van der Waals surface area contributed by atoms with E-state index >= 15 is 0 Å². The van der Waals surface area contributed by atoms with E-state index in [-0.39, 0.29) is 0 Å². The third-order valence-electron chi connectivity index (χ3n) is 17.0. The van der Waals surface area contributed by atoms with Crippen LogP contribution in [0.4, 0.5) is 0 Å². The Morgan fingerprint density at radius 2 is 0.479 bits per heavy atom. The fourth-order valence-electron chi connectivity index (χ4n) is 11.0. The van der Waals surface area contributed by atoms with Crippen LogP contribution in [0.2, 0.25) is 0 Å². The van der Waals surface area contributed by atoms with Gasteiger partial charge in [0, 0.05) is 45.9 Å². The van der Waals surface area contributed by atoms with Gasteiger partial charge in [-0.2, -0.15) is 0 Å². The van der Waals surface area contributed by atoms with Crippen LogP contribution in [0.15, 0.2) is 324 Å². The predicted octanol–water partition coefficient (Wildman–Crippen LogP) is 22.2. The van der Waals surface area contributed by atoms with E-state index in [1.165, 1.54) is 25.8 Å². The first kappa shape index (κ1) is 65.0. The maximum Gasteiger partial charge on any atom is 0.494 e. The summed E-state index contributed by atoms with van der Waals surface area (Å²) < 4.78 is 16.2. The van der Waals surface area contributed by atoms with Crippen molar-refractivity contribution in [1.29, 1.82) is 0 Å². The summed E-state index contributed by atoms with van der Waals surface area (Å²) in [5.74, 6) is 3.73. The number of hydrogen-bond donors (Lipinski definition) is 0. The van der Waals surface area contributed by atoms with Crippen LogP contribution in [0.1, 0.15) is 27.7 Å². The lowest BCUT2D eigenvalue weighted by Gasteiger charge is -2.32. The number of rotatable bonds is 12. The van der Waals surface area contributed by atoms with Crippen LogP contribution in [0.5, 0.6) is 0 Å². The Balaban J connectivity index is 0.000000155. The van der Waals surface area contributed by atoms with Crippen LogP contribution in [0.3, 0.4) is 0 Å². The number of nitrogens with zero attached hydrogens (tertiary/aromatic N) is 6. The maximum atomic E-state index is 6.35. The summed E-state index contributed by atoms with van der Waals surface area (Å²) in [7, 11) is -0.480. The van der Waals surface area contributed by atoms with E-state index in [1.807, 2.05) is 54.6 Å². The largest absolute Gasteiger partial charge is 0.494 e. The molecule has 0 saturated carbocycles. The highest BCUT2D eigenvalue weighted by Gasteiger charge is 2.51. The molecule has 0 bridgehead atoms. The zero-order valence-corrected chi connectivity index (χ0v) is 58.6. The van der Waals surface area contributed by atoms with Gasteiger partial charge < -0.3 is 9.31 Å². The van der Waals surface area contributed by atoms with Gasteiger partial charge in [-0.05, 0) is 154 Å². The molecule has 15 rings (SSSR count). The lowest BCUT2D eigenvalue weighted by molar-refractivity contribution is 0.00578. The Bertz CT molecular complexity index is 4680. The molecule has 1 fully saturated rings. The lowest BCUT2D eigenvalue weighted by atomic mass is 9.78. The van der Waals surface area contributed by atoms with E-state index in [9.17, 15) is 0 Å². The molecule has 0 unspecified atom stereocenters. The summed E-state index contributed by atoms with van der Waals surface area (Å²) >= 11 is 9.16. The normalized spacial score (nSPS) is 12.8. The molecule has 8 nitrogen and oxygen atoms in total. The van der Waals surface area contributed by atoms with E-state index in [4.69, 9.17) is 39.2 Å². The van der Waals surface area contributed by atoms with E-state index in [2.05, 4.69) is 343 Å². The monoisotopic (exact) mass is 1480 g/mol. The van der Waals surface area contributed by atoms with Crippen molar-refractivity contribution in [1.82, 2.24) is 29.9 Å². The molecule has 96 heavy (non-hydrogen) atoms. The number of benzene rings is 12. The Hall–Kier alpha value is -9.67. The lowest BCUT2D eigenvalue weighted by Crippen LogP contribution is -2.41. The number of hydrogen-bond acceptors (Lipinski definition) is 8. The van der Waals surface area contributed by atoms with Crippen molar-refractivity contribution in [2.24, 2.45) is 0 Å². The predicted molar refractivity (Wildman–Crippen MR) is 410 cm³/mol. The molecule has 466 valence electrons. The van der Waals surface area contributed by atoms with Crippen LogP contribution in [0, 0.1) is 3.57 Å². The van der Waals surface area contributed by atoms with Gasteiger partial charge in [0.05, 0.1) is 11.2 Å². The van der Waals surface area contributed by atoms with Gasteiger partial charge in [0.25, 0.3) is 0 Å². The first-order chi connectivity index (χ1) is 46.7.